The van der Waals surface area contributed by atoms with Crippen LogP contribution in [0.25, 0.3) is 0 Å². The van der Waals surface area contributed by atoms with E-state index >= 15 is 0 Å². The number of carbonyl (C=O) groups is 2. The summed E-state index contributed by atoms with van der Waals surface area (Å²) in [6, 6.07) is 5.84. The van der Waals surface area contributed by atoms with Crippen molar-refractivity contribution in [2.45, 2.75) is 16.5 Å². The highest BCUT2D eigenvalue weighted by molar-refractivity contribution is 8.00. The van der Waals surface area contributed by atoms with Gasteiger partial charge in [-0.2, -0.15) is 11.3 Å². The minimum atomic E-state index is -0.198. The molecule has 3 rings (SSSR count). The van der Waals surface area contributed by atoms with Crippen molar-refractivity contribution in [2.75, 3.05) is 11.9 Å². The summed E-state index contributed by atoms with van der Waals surface area (Å²) in [5.41, 5.74) is 0.613. The van der Waals surface area contributed by atoms with E-state index in [9.17, 15) is 9.59 Å². The number of thioether (sulfide) groups is 1. The second-order valence-corrected chi connectivity index (χ2v) is 8.82. The summed E-state index contributed by atoms with van der Waals surface area (Å²) in [7, 11) is 0. The van der Waals surface area contributed by atoms with Gasteiger partial charge in [-0.15, -0.1) is 21.5 Å². The zero-order valence-corrected chi connectivity index (χ0v) is 16.2. The number of amides is 2. The summed E-state index contributed by atoms with van der Waals surface area (Å²) in [6.45, 7) is 0.277. The van der Waals surface area contributed by atoms with Crippen LogP contribution in [0.15, 0.2) is 38.7 Å². The Hall–Kier alpha value is -1.75. The van der Waals surface area contributed by atoms with Gasteiger partial charge in [-0.3, -0.25) is 9.59 Å². The Balaban J connectivity index is 1.38. The molecule has 0 spiro atoms. The summed E-state index contributed by atoms with van der Waals surface area (Å²) in [5, 5.41) is 19.6. The third-order valence-electron chi connectivity index (χ3n) is 2.99. The molecule has 0 aliphatic heterocycles. The molecule has 0 aliphatic rings. The van der Waals surface area contributed by atoms with Gasteiger partial charge in [0.2, 0.25) is 11.0 Å². The van der Waals surface area contributed by atoms with Crippen LogP contribution in [-0.2, 0) is 10.5 Å². The number of carbonyl (C=O) groups excluding carboxylic acids is 2. The van der Waals surface area contributed by atoms with Crippen molar-refractivity contribution in [1.82, 2.24) is 15.5 Å². The van der Waals surface area contributed by atoms with Gasteiger partial charge >= 0.3 is 0 Å². The molecule has 0 radical (unpaired) electrons. The quantitative estimate of drug-likeness (QED) is 0.437. The zero-order valence-electron chi connectivity index (χ0n) is 12.9. The monoisotopic (exact) mass is 410 g/mol. The molecule has 25 heavy (non-hydrogen) atoms. The lowest BCUT2D eigenvalue weighted by Gasteiger charge is -2.03. The number of aromatic nitrogens is 2. The molecule has 0 saturated heterocycles. The molecule has 0 saturated carbocycles. The van der Waals surface area contributed by atoms with Crippen molar-refractivity contribution < 1.29 is 9.59 Å². The maximum atomic E-state index is 11.9. The Morgan fingerprint density at radius 2 is 2.12 bits per heavy atom. The van der Waals surface area contributed by atoms with Crippen LogP contribution in [0.4, 0.5) is 5.13 Å². The fraction of sp³-hybridized carbons (Fsp3) is 0.200. The normalized spacial score (nSPS) is 10.6. The van der Waals surface area contributed by atoms with Crippen LogP contribution in [0.2, 0.25) is 0 Å². The Labute approximate surface area is 160 Å². The Bertz CT molecular complexity index is 815. The van der Waals surface area contributed by atoms with Crippen molar-refractivity contribution in [3.8, 4) is 0 Å². The summed E-state index contributed by atoms with van der Waals surface area (Å²) >= 11 is 6.10. The fourth-order valence-electron chi connectivity index (χ4n) is 1.81. The summed E-state index contributed by atoms with van der Waals surface area (Å²) < 4.78 is 0.814. The number of rotatable bonds is 8. The maximum Gasteiger partial charge on any atom is 0.252 e. The van der Waals surface area contributed by atoms with E-state index in [1.165, 1.54) is 27.6 Å². The third kappa shape index (κ3) is 5.63. The van der Waals surface area contributed by atoms with Crippen molar-refractivity contribution in [1.29, 1.82) is 0 Å². The predicted octanol–water partition coefficient (Wildman–Crippen LogP) is 3.71. The van der Waals surface area contributed by atoms with E-state index in [0.717, 1.165) is 10.1 Å². The highest BCUT2D eigenvalue weighted by Gasteiger charge is 2.10. The molecule has 0 bridgehead atoms. The largest absolute Gasteiger partial charge is 0.351 e. The Kier molecular flexibility index (Phi) is 6.56. The Morgan fingerprint density at radius 1 is 1.20 bits per heavy atom. The van der Waals surface area contributed by atoms with Crippen molar-refractivity contribution >= 4 is 62.7 Å². The summed E-state index contributed by atoms with van der Waals surface area (Å²) in [5.74, 6) is 0.475. The van der Waals surface area contributed by atoms with Crippen molar-refractivity contribution in [3.05, 3.63) is 44.8 Å². The van der Waals surface area contributed by atoms with E-state index in [1.54, 1.807) is 34.5 Å². The molecule has 6 nitrogen and oxygen atoms in total. The minimum Gasteiger partial charge on any atom is -0.351 e. The molecule has 0 atom stereocenters. The third-order valence-corrected chi connectivity index (χ3v) is 6.75. The van der Waals surface area contributed by atoms with Crippen LogP contribution in [0.3, 0.4) is 0 Å². The van der Waals surface area contributed by atoms with Gasteiger partial charge in [0.15, 0.2) is 4.34 Å². The maximum absolute atomic E-state index is 11.9. The molecule has 2 amide bonds. The number of nitrogens with zero attached hydrogens (tertiary/aromatic N) is 2. The SMILES string of the molecule is O=C(CCNC(=O)c1ccsc1)Nc1nnc(SCc2cccs2)s1. The van der Waals surface area contributed by atoms with Crippen molar-refractivity contribution in [2.24, 2.45) is 0 Å². The molecule has 130 valence electrons. The van der Waals surface area contributed by atoms with E-state index in [-0.39, 0.29) is 24.8 Å². The van der Waals surface area contributed by atoms with E-state index < -0.39 is 0 Å². The van der Waals surface area contributed by atoms with Crippen molar-refractivity contribution in [3.63, 3.8) is 0 Å². The van der Waals surface area contributed by atoms with Crippen LogP contribution < -0.4 is 10.6 Å². The molecule has 3 aromatic rings. The smallest absolute Gasteiger partial charge is 0.252 e. The first-order valence-corrected chi connectivity index (χ1v) is 10.9. The second kappa shape index (κ2) is 9.09. The van der Waals surface area contributed by atoms with Crippen LogP contribution in [0.1, 0.15) is 21.7 Å². The highest BCUT2D eigenvalue weighted by Crippen LogP contribution is 2.29. The molecule has 3 heterocycles. The zero-order chi connectivity index (χ0) is 17.5. The highest BCUT2D eigenvalue weighted by atomic mass is 32.2. The van der Waals surface area contributed by atoms with Crippen LogP contribution in [-0.4, -0.2) is 28.6 Å². The molecule has 0 aliphatic carbocycles. The van der Waals surface area contributed by atoms with Crippen LogP contribution >= 0.6 is 45.8 Å². The van der Waals surface area contributed by atoms with Gasteiger partial charge in [-0.05, 0) is 22.9 Å². The van der Waals surface area contributed by atoms with Gasteiger partial charge in [0.05, 0.1) is 0 Å². The summed E-state index contributed by atoms with van der Waals surface area (Å²) in [4.78, 5) is 24.9. The average molecular weight is 411 g/mol. The number of anilines is 1. The molecule has 3 aromatic heterocycles. The molecular formula is C15H14N4O2S4. The lowest BCUT2D eigenvalue weighted by Crippen LogP contribution is -2.27. The first-order valence-electron chi connectivity index (χ1n) is 7.29. The van der Waals surface area contributed by atoms with E-state index in [4.69, 9.17) is 0 Å². The number of hydrogen-bond donors (Lipinski definition) is 2. The van der Waals surface area contributed by atoms with Gasteiger partial charge in [-0.25, -0.2) is 0 Å². The molecular weight excluding hydrogens is 396 g/mol. The number of hydrogen-bond acceptors (Lipinski definition) is 8. The van der Waals surface area contributed by atoms with Gasteiger partial charge in [0.25, 0.3) is 5.91 Å². The van der Waals surface area contributed by atoms with Crippen LogP contribution in [0.5, 0.6) is 0 Å². The van der Waals surface area contributed by atoms with E-state index in [2.05, 4.69) is 26.9 Å². The first kappa shape index (κ1) is 18.1. The topological polar surface area (TPSA) is 84.0 Å². The lowest BCUT2D eigenvalue weighted by atomic mass is 10.3. The minimum absolute atomic E-state index is 0.169. The second-order valence-electron chi connectivity index (χ2n) is 4.81. The molecule has 10 heteroatoms. The first-order chi connectivity index (χ1) is 12.2. The number of nitrogens with one attached hydrogen (secondary N) is 2. The van der Waals surface area contributed by atoms with Gasteiger partial charge in [0.1, 0.15) is 0 Å². The fourth-order valence-corrected chi connectivity index (χ4v) is 4.99. The van der Waals surface area contributed by atoms with Gasteiger partial charge < -0.3 is 10.6 Å². The van der Waals surface area contributed by atoms with Gasteiger partial charge in [-0.1, -0.05) is 29.2 Å². The molecule has 0 aromatic carbocycles. The molecule has 0 unspecified atom stereocenters. The van der Waals surface area contributed by atoms with E-state index in [1.807, 2.05) is 16.8 Å². The van der Waals surface area contributed by atoms with E-state index in [0.29, 0.717) is 10.7 Å². The molecule has 2 N–H and O–H groups in total. The van der Waals surface area contributed by atoms with Gasteiger partial charge in [0, 0.05) is 34.5 Å². The Morgan fingerprint density at radius 3 is 2.88 bits per heavy atom. The standard InChI is InChI=1S/C15H14N4O2S4/c20-12(3-5-16-13(21)10-4-7-22-8-10)17-14-18-19-15(25-14)24-9-11-2-1-6-23-11/h1-2,4,6-8H,3,5,9H2,(H,16,21)(H,17,18,20). The lowest BCUT2D eigenvalue weighted by molar-refractivity contribution is -0.116. The number of thiophene rings is 2. The molecule has 0 fully saturated rings. The average Bonchev–Trinajstić information content (AvgIpc) is 3.35. The van der Waals surface area contributed by atoms with Crippen LogP contribution in [0, 0.1) is 0 Å². The summed E-state index contributed by atoms with van der Waals surface area (Å²) in [6.07, 6.45) is 0.188. The predicted molar refractivity (Wildman–Crippen MR) is 104 cm³/mol.